The smallest absolute Gasteiger partial charge is 0.137 e. The zero-order valence-corrected chi connectivity index (χ0v) is 12.5. The van der Waals surface area contributed by atoms with Gasteiger partial charge in [0.2, 0.25) is 0 Å². The van der Waals surface area contributed by atoms with Crippen LogP contribution in [0.4, 0.5) is 5.82 Å². The third-order valence-corrected chi connectivity index (χ3v) is 3.50. The Morgan fingerprint density at radius 1 is 1.16 bits per heavy atom. The monoisotopic (exact) mass is 295 g/mol. The molecule has 0 spiro atoms. The molecule has 0 aliphatic rings. The van der Waals surface area contributed by atoms with Crippen molar-refractivity contribution in [3.63, 3.8) is 0 Å². The van der Waals surface area contributed by atoms with Gasteiger partial charge in [-0.05, 0) is 38.5 Å². The molecule has 100 valence electrons. The maximum Gasteiger partial charge on any atom is 0.137 e. The second-order valence-electron chi connectivity index (χ2n) is 4.46. The maximum absolute atomic E-state index is 6.06. The summed E-state index contributed by atoms with van der Waals surface area (Å²) in [6.45, 7) is 5.77. The van der Waals surface area contributed by atoms with Crippen LogP contribution in [0.25, 0.3) is 0 Å². The lowest BCUT2D eigenvalue weighted by atomic mass is 10.1. The van der Waals surface area contributed by atoms with E-state index in [1.54, 1.807) is 0 Å². The fourth-order valence-corrected chi connectivity index (χ4v) is 2.21. The maximum atomic E-state index is 6.06. The van der Waals surface area contributed by atoms with Crippen LogP contribution in [0, 0.1) is 13.8 Å². The number of rotatable bonds is 3. The van der Waals surface area contributed by atoms with Crippen molar-refractivity contribution >= 4 is 29.0 Å². The van der Waals surface area contributed by atoms with Crippen molar-refractivity contribution in [2.75, 3.05) is 5.32 Å². The summed E-state index contributed by atoms with van der Waals surface area (Å²) in [6, 6.07) is 7.83. The average molecular weight is 296 g/mol. The van der Waals surface area contributed by atoms with Crippen LogP contribution in [0.3, 0.4) is 0 Å². The Labute approximate surface area is 123 Å². The van der Waals surface area contributed by atoms with Gasteiger partial charge in [0.05, 0.1) is 6.04 Å². The summed E-state index contributed by atoms with van der Waals surface area (Å²) >= 11 is 12.1. The molecule has 1 unspecified atom stereocenters. The molecular formula is C14H15Cl2N3. The van der Waals surface area contributed by atoms with Crippen molar-refractivity contribution in [3.05, 3.63) is 51.4 Å². The van der Waals surface area contributed by atoms with Crippen LogP contribution in [0.15, 0.2) is 24.3 Å². The van der Waals surface area contributed by atoms with Crippen LogP contribution in [0.2, 0.25) is 10.2 Å². The van der Waals surface area contributed by atoms with Gasteiger partial charge in [0.25, 0.3) is 0 Å². The van der Waals surface area contributed by atoms with Crippen LogP contribution < -0.4 is 5.32 Å². The molecule has 0 fully saturated rings. The standard InChI is InChI=1S/C14H15Cl2N3/c1-8-13(16)18-10(3)19-14(8)17-9(2)11-5-4-6-12(15)7-11/h4-7,9H,1-3H3,(H,17,18,19). The molecule has 0 aliphatic heterocycles. The molecule has 2 aromatic rings. The second kappa shape index (κ2) is 5.76. The Kier molecular flexibility index (Phi) is 4.27. The highest BCUT2D eigenvalue weighted by atomic mass is 35.5. The molecule has 0 aliphatic carbocycles. The van der Waals surface area contributed by atoms with Crippen LogP contribution in [0.1, 0.15) is 29.9 Å². The van der Waals surface area contributed by atoms with E-state index in [-0.39, 0.29) is 6.04 Å². The molecule has 1 aromatic heterocycles. The van der Waals surface area contributed by atoms with E-state index in [0.717, 1.165) is 22.0 Å². The minimum absolute atomic E-state index is 0.0859. The van der Waals surface area contributed by atoms with E-state index >= 15 is 0 Å². The van der Waals surface area contributed by atoms with Crippen molar-refractivity contribution in [1.82, 2.24) is 9.97 Å². The van der Waals surface area contributed by atoms with Gasteiger partial charge in [-0.25, -0.2) is 9.97 Å². The Bertz CT molecular complexity index is 599. The minimum Gasteiger partial charge on any atom is -0.363 e. The first-order chi connectivity index (χ1) is 8.97. The predicted octanol–water partition coefficient (Wildman–Crippen LogP) is 4.57. The number of hydrogen-bond acceptors (Lipinski definition) is 3. The highest BCUT2D eigenvalue weighted by molar-refractivity contribution is 6.30. The molecule has 5 heteroatoms. The number of benzene rings is 1. The average Bonchev–Trinajstić information content (AvgIpc) is 2.35. The molecular weight excluding hydrogens is 281 g/mol. The third kappa shape index (κ3) is 3.37. The second-order valence-corrected chi connectivity index (χ2v) is 5.25. The number of nitrogens with zero attached hydrogens (tertiary/aromatic N) is 2. The normalized spacial score (nSPS) is 12.3. The van der Waals surface area contributed by atoms with Gasteiger partial charge in [0.15, 0.2) is 0 Å². The van der Waals surface area contributed by atoms with Crippen LogP contribution in [-0.2, 0) is 0 Å². The van der Waals surface area contributed by atoms with Crippen molar-refractivity contribution in [1.29, 1.82) is 0 Å². The first-order valence-electron chi connectivity index (χ1n) is 6.00. The SMILES string of the molecule is Cc1nc(Cl)c(C)c(NC(C)c2cccc(Cl)c2)n1. The zero-order valence-electron chi connectivity index (χ0n) is 11.0. The Morgan fingerprint density at radius 2 is 1.89 bits per heavy atom. The number of halogens is 2. The molecule has 3 nitrogen and oxygen atoms in total. The Morgan fingerprint density at radius 3 is 2.58 bits per heavy atom. The summed E-state index contributed by atoms with van der Waals surface area (Å²) in [4.78, 5) is 8.50. The van der Waals surface area contributed by atoms with Gasteiger partial charge >= 0.3 is 0 Å². The molecule has 0 radical (unpaired) electrons. The largest absolute Gasteiger partial charge is 0.363 e. The number of nitrogens with one attached hydrogen (secondary N) is 1. The minimum atomic E-state index is 0.0859. The lowest BCUT2D eigenvalue weighted by Crippen LogP contribution is -2.10. The quantitative estimate of drug-likeness (QED) is 0.843. The number of anilines is 1. The summed E-state index contributed by atoms with van der Waals surface area (Å²) in [5, 5.41) is 4.54. The van der Waals surface area contributed by atoms with Gasteiger partial charge in [-0.15, -0.1) is 0 Å². The highest BCUT2D eigenvalue weighted by Crippen LogP contribution is 2.25. The molecule has 1 atom stereocenters. The number of hydrogen-bond donors (Lipinski definition) is 1. The number of aromatic nitrogens is 2. The molecule has 1 heterocycles. The van der Waals surface area contributed by atoms with Gasteiger partial charge in [-0.2, -0.15) is 0 Å². The molecule has 0 saturated heterocycles. The first kappa shape index (κ1) is 14.1. The van der Waals surface area contributed by atoms with Gasteiger partial charge in [-0.3, -0.25) is 0 Å². The molecule has 19 heavy (non-hydrogen) atoms. The summed E-state index contributed by atoms with van der Waals surface area (Å²) in [7, 11) is 0. The molecule has 1 aromatic carbocycles. The lowest BCUT2D eigenvalue weighted by molar-refractivity contribution is 0.862. The fourth-order valence-electron chi connectivity index (χ4n) is 1.80. The van der Waals surface area contributed by atoms with Crippen LogP contribution in [-0.4, -0.2) is 9.97 Å². The first-order valence-corrected chi connectivity index (χ1v) is 6.75. The van der Waals surface area contributed by atoms with Crippen molar-refractivity contribution in [3.8, 4) is 0 Å². The van der Waals surface area contributed by atoms with Crippen molar-refractivity contribution in [2.45, 2.75) is 26.8 Å². The Hall–Kier alpha value is -1.32. The Balaban J connectivity index is 2.26. The summed E-state index contributed by atoms with van der Waals surface area (Å²) in [5.74, 6) is 1.40. The van der Waals surface area contributed by atoms with E-state index in [9.17, 15) is 0 Å². The van der Waals surface area contributed by atoms with Crippen LogP contribution >= 0.6 is 23.2 Å². The lowest BCUT2D eigenvalue weighted by Gasteiger charge is -2.17. The van der Waals surface area contributed by atoms with Gasteiger partial charge in [0, 0.05) is 10.6 Å². The van der Waals surface area contributed by atoms with Crippen molar-refractivity contribution < 1.29 is 0 Å². The highest BCUT2D eigenvalue weighted by Gasteiger charge is 2.11. The van der Waals surface area contributed by atoms with Gasteiger partial charge in [-0.1, -0.05) is 35.3 Å². The molecule has 0 bridgehead atoms. The topological polar surface area (TPSA) is 37.8 Å². The summed E-state index contributed by atoms with van der Waals surface area (Å²) in [5.41, 5.74) is 1.94. The van der Waals surface area contributed by atoms with Gasteiger partial charge < -0.3 is 5.32 Å². The molecule has 1 N–H and O–H groups in total. The van der Waals surface area contributed by atoms with E-state index in [0.29, 0.717) is 11.0 Å². The summed E-state index contributed by atoms with van der Waals surface area (Å²) < 4.78 is 0. The zero-order chi connectivity index (χ0) is 14.0. The van der Waals surface area contributed by atoms with Crippen molar-refractivity contribution in [2.24, 2.45) is 0 Å². The molecule has 2 rings (SSSR count). The summed E-state index contributed by atoms with van der Waals surface area (Å²) in [6.07, 6.45) is 0. The molecule has 0 amide bonds. The number of aryl methyl sites for hydroxylation is 1. The third-order valence-electron chi connectivity index (χ3n) is 2.90. The predicted molar refractivity (Wildman–Crippen MR) is 80.0 cm³/mol. The van der Waals surface area contributed by atoms with Crippen LogP contribution in [0.5, 0.6) is 0 Å². The van der Waals surface area contributed by atoms with E-state index < -0.39 is 0 Å². The van der Waals surface area contributed by atoms with E-state index in [4.69, 9.17) is 23.2 Å². The van der Waals surface area contributed by atoms with Gasteiger partial charge in [0.1, 0.15) is 16.8 Å². The van der Waals surface area contributed by atoms with E-state index in [1.807, 2.05) is 38.1 Å². The fraction of sp³-hybridized carbons (Fsp3) is 0.286. The molecule has 0 saturated carbocycles. The van der Waals surface area contributed by atoms with E-state index in [1.165, 1.54) is 0 Å². The van der Waals surface area contributed by atoms with E-state index in [2.05, 4.69) is 22.2 Å².